The van der Waals surface area contributed by atoms with Crippen molar-refractivity contribution in [1.29, 1.82) is 0 Å². The molecule has 1 rings (SSSR count). The van der Waals surface area contributed by atoms with Crippen LogP contribution in [0.25, 0.3) is 12.2 Å². The first-order valence-corrected chi connectivity index (χ1v) is 6.12. The number of H-pyrrole nitrogens is 1. The smallest absolute Gasteiger partial charge is 0.0812 e. The first-order chi connectivity index (χ1) is 7.58. The van der Waals surface area contributed by atoms with E-state index in [2.05, 4.69) is 38.5 Å². The molecule has 16 heavy (non-hydrogen) atoms. The molecule has 0 aliphatic carbocycles. The van der Waals surface area contributed by atoms with Crippen molar-refractivity contribution in [2.24, 2.45) is 13.0 Å². The molecule has 2 nitrogen and oxygen atoms in total. The standard InChI is InChI=1S/C14H24N2/c1-6-8-11(3)9-12(4)10-13-14(7-2)16(5)15-13/h7,10-11,15H,2,6,8-9H2,1,3-5H3/b12-10+. The molecule has 1 aromatic heterocycles. The lowest BCUT2D eigenvalue weighted by Crippen LogP contribution is -2.12. The Morgan fingerprint density at radius 2 is 2.25 bits per heavy atom. The van der Waals surface area contributed by atoms with Crippen LogP contribution in [0.15, 0.2) is 12.2 Å². The largest absolute Gasteiger partial charge is 0.296 e. The highest BCUT2D eigenvalue weighted by Crippen LogP contribution is 2.20. The average molecular weight is 220 g/mol. The second kappa shape index (κ2) is 5.78. The number of aryl methyl sites for hydroxylation is 1. The molecular weight excluding hydrogens is 196 g/mol. The van der Waals surface area contributed by atoms with E-state index in [0.717, 1.165) is 5.92 Å². The van der Waals surface area contributed by atoms with E-state index in [4.69, 9.17) is 0 Å². The Labute approximate surface area is 99.0 Å². The van der Waals surface area contributed by atoms with Gasteiger partial charge in [-0.3, -0.25) is 9.78 Å². The van der Waals surface area contributed by atoms with Crippen molar-refractivity contribution < 1.29 is 0 Å². The molecule has 1 N–H and O–H groups in total. The number of aromatic amines is 1. The van der Waals surface area contributed by atoms with Gasteiger partial charge in [0.2, 0.25) is 0 Å². The van der Waals surface area contributed by atoms with E-state index >= 15 is 0 Å². The molecule has 1 aromatic rings. The Balaban J connectivity index is 2.60. The van der Waals surface area contributed by atoms with Gasteiger partial charge in [0.1, 0.15) is 0 Å². The van der Waals surface area contributed by atoms with Gasteiger partial charge in [0.05, 0.1) is 11.4 Å². The zero-order valence-corrected chi connectivity index (χ0v) is 11.0. The van der Waals surface area contributed by atoms with Crippen LogP contribution in [0.5, 0.6) is 0 Å². The molecule has 1 unspecified atom stereocenters. The molecule has 0 fully saturated rings. The van der Waals surface area contributed by atoms with E-state index in [1.807, 2.05) is 17.8 Å². The van der Waals surface area contributed by atoms with Crippen LogP contribution < -0.4 is 0 Å². The van der Waals surface area contributed by atoms with Crippen molar-refractivity contribution >= 4 is 12.2 Å². The van der Waals surface area contributed by atoms with E-state index in [0.29, 0.717) is 0 Å². The van der Waals surface area contributed by atoms with E-state index < -0.39 is 0 Å². The summed E-state index contributed by atoms with van der Waals surface area (Å²) in [6, 6.07) is 0. The Hall–Kier alpha value is -1.18. The van der Waals surface area contributed by atoms with E-state index in [-0.39, 0.29) is 0 Å². The summed E-state index contributed by atoms with van der Waals surface area (Å²) in [6.45, 7) is 10.6. The monoisotopic (exact) mass is 220 g/mol. The van der Waals surface area contributed by atoms with Gasteiger partial charge < -0.3 is 0 Å². The van der Waals surface area contributed by atoms with Gasteiger partial charge in [-0.1, -0.05) is 38.8 Å². The first-order valence-electron chi connectivity index (χ1n) is 6.12. The van der Waals surface area contributed by atoms with Gasteiger partial charge in [0.15, 0.2) is 0 Å². The molecule has 1 atom stereocenters. The lowest BCUT2D eigenvalue weighted by molar-refractivity contribution is 0.521. The molecule has 0 bridgehead atoms. The number of rotatable bonds is 6. The second-order valence-corrected chi connectivity index (χ2v) is 4.76. The van der Waals surface area contributed by atoms with Crippen LogP contribution in [0, 0.1) is 5.92 Å². The molecule has 0 aromatic carbocycles. The summed E-state index contributed by atoms with van der Waals surface area (Å²) in [6.07, 6.45) is 7.91. The summed E-state index contributed by atoms with van der Waals surface area (Å²) in [5.74, 6) is 0.784. The number of nitrogens with zero attached hydrogens (tertiary/aromatic N) is 1. The van der Waals surface area contributed by atoms with Crippen LogP contribution in [0.3, 0.4) is 0 Å². The minimum atomic E-state index is 0.784. The van der Waals surface area contributed by atoms with Crippen LogP contribution in [-0.4, -0.2) is 9.78 Å². The Morgan fingerprint density at radius 1 is 1.56 bits per heavy atom. The van der Waals surface area contributed by atoms with Gasteiger partial charge in [-0.25, -0.2) is 0 Å². The molecule has 0 aliphatic rings. The average Bonchev–Trinajstić information content (AvgIpc) is 2.17. The Bertz CT molecular complexity index is 366. The molecular formula is C14H24N2. The normalized spacial score (nSPS) is 14.1. The van der Waals surface area contributed by atoms with Gasteiger partial charge in [0.25, 0.3) is 0 Å². The fourth-order valence-electron chi connectivity index (χ4n) is 2.23. The van der Waals surface area contributed by atoms with Gasteiger partial charge in [-0.2, -0.15) is 0 Å². The highest BCUT2D eigenvalue weighted by Gasteiger charge is 2.07. The highest BCUT2D eigenvalue weighted by atomic mass is 15.3. The lowest BCUT2D eigenvalue weighted by atomic mass is 9.97. The van der Waals surface area contributed by atoms with Crippen molar-refractivity contribution in [2.75, 3.05) is 0 Å². The molecule has 2 heteroatoms. The number of allylic oxidation sites excluding steroid dienone is 1. The maximum absolute atomic E-state index is 3.81. The van der Waals surface area contributed by atoms with Gasteiger partial charge in [-0.15, -0.1) is 0 Å². The van der Waals surface area contributed by atoms with E-state index in [1.165, 1.54) is 36.2 Å². The van der Waals surface area contributed by atoms with Gasteiger partial charge in [-0.05, 0) is 31.4 Å². The Kier molecular flexibility index (Phi) is 4.66. The van der Waals surface area contributed by atoms with Crippen LogP contribution >= 0.6 is 0 Å². The van der Waals surface area contributed by atoms with Crippen LogP contribution in [0.1, 0.15) is 51.4 Å². The number of hydrogen-bond acceptors (Lipinski definition) is 0. The first kappa shape index (κ1) is 12.9. The third kappa shape index (κ3) is 3.16. The molecule has 0 spiro atoms. The maximum Gasteiger partial charge on any atom is 0.0812 e. The predicted octanol–water partition coefficient (Wildman–Crippen LogP) is 4.23. The quantitative estimate of drug-likeness (QED) is 0.741. The third-order valence-electron chi connectivity index (χ3n) is 2.96. The zero-order valence-electron chi connectivity index (χ0n) is 11.0. The highest BCUT2D eigenvalue weighted by molar-refractivity contribution is 5.61. The van der Waals surface area contributed by atoms with Crippen molar-refractivity contribution in [1.82, 2.24) is 9.78 Å². The molecule has 0 saturated heterocycles. The number of aromatic nitrogens is 2. The molecule has 0 aliphatic heterocycles. The molecule has 1 heterocycles. The SMILES string of the molecule is C=Cc1c(/C=C(\C)CC(C)CCC)[nH]n1C. The molecule has 90 valence electrons. The molecule has 0 radical (unpaired) electrons. The van der Waals surface area contributed by atoms with Crippen LogP contribution in [0.2, 0.25) is 0 Å². The third-order valence-corrected chi connectivity index (χ3v) is 2.96. The lowest BCUT2D eigenvalue weighted by Gasteiger charge is -2.17. The van der Waals surface area contributed by atoms with Crippen molar-refractivity contribution in [2.45, 2.75) is 40.0 Å². The van der Waals surface area contributed by atoms with Crippen LogP contribution in [-0.2, 0) is 7.05 Å². The molecule has 0 amide bonds. The van der Waals surface area contributed by atoms with Crippen molar-refractivity contribution in [3.05, 3.63) is 23.5 Å². The molecule has 0 saturated carbocycles. The summed E-state index contributed by atoms with van der Waals surface area (Å²) in [4.78, 5) is 0. The van der Waals surface area contributed by atoms with Gasteiger partial charge in [0, 0.05) is 7.05 Å². The Morgan fingerprint density at radius 3 is 2.75 bits per heavy atom. The number of nitrogens with one attached hydrogen (secondary N) is 1. The summed E-state index contributed by atoms with van der Waals surface area (Å²) in [5.41, 5.74) is 3.82. The zero-order chi connectivity index (χ0) is 12.1. The maximum atomic E-state index is 3.81. The topological polar surface area (TPSA) is 20.7 Å². The number of hydrogen-bond donors (Lipinski definition) is 1. The fourth-order valence-corrected chi connectivity index (χ4v) is 2.23. The van der Waals surface area contributed by atoms with Crippen molar-refractivity contribution in [3.8, 4) is 0 Å². The second-order valence-electron chi connectivity index (χ2n) is 4.76. The minimum Gasteiger partial charge on any atom is -0.296 e. The van der Waals surface area contributed by atoms with E-state index in [1.54, 1.807) is 0 Å². The fraction of sp³-hybridized carbons (Fsp3) is 0.571. The van der Waals surface area contributed by atoms with Gasteiger partial charge >= 0.3 is 0 Å². The summed E-state index contributed by atoms with van der Waals surface area (Å²) in [5, 5.41) is 3.25. The van der Waals surface area contributed by atoms with Crippen molar-refractivity contribution in [3.63, 3.8) is 0 Å². The summed E-state index contributed by atoms with van der Waals surface area (Å²) >= 11 is 0. The minimum absolute atomic E-state index is 0.784. The van der Waals surface area contributed by atoms with Crippen LogP contribution in [0.4, 0.5) is 0 Å². The van der Waals surface area contributed by atoms with E-state index in [9.17, 15) is 0 Å². The predicted molar refractivity (Wildman–Crippen MR) is 72.2 cm³/mol. The summed E-state index contributed by atoms with van der Waals surface area (Å²) in [7, 11) is 2.00. The summed E-state index contributed by atoms with van der Waals surface area (Å²) < 4.78 is 1.99.